The standard InChI is InChI=1S/C15H23Cl/c1-5-12(4)13-6-8-14(9-7-13)15(16)10-11(2)3/h6-9,11-12,15H,5,10H2,1-4H3. The lowest BCUT2D eigenvalue weighted by molar-refractivity contribution is 0.575. The zero-order chi connectivity index (χ0) is 12.1. The molecule has 1 heteroatoms. The Morgan fingerprint density at radius 1 is 1.00 bits per heavy atom. The molecule has 16 heavy (non-hydrogen) atoms. The van der Waals surface area contributed by atoms with Gasteiger partial charge in [0.05, 0.1) is 5.38 Å². The van der Waals surface area contributed by atoms with Crippen LogP contribution in [0.25, 0.3) is 0 Å². The van der Waals surface area contributed by atoms with Gasteiger partial charge in [0.25, 0.3) is 0 Å². The summed E-state index contributed by atoms with van der Waals surface area (Å²) in [5.74, 6) is 1.30. The van der Waals surface area contributed by atoms with E-state index < -0.39 is 0 Å². The highest BCUT2D eigenvalue weighted by Gasteiger charge is 2.10. The third-order valence-corrected chi connectivity index (χ3v) is 3.59. The van der Waals surface area contributed by atoms with E-state index in [9.17, 15) is 0 Å². The fraction of sp³-hybridized carbons (Fsp3) is 0.600. The molecule has 0 amide bonds. The molecule has 0 bridgehead atoms. The fourth-order valence-corrected chi connectivity index (χ4v) is 2.32. The Balaban J connectivity index is 2.70. The predicted octanol–water partition coefficient (Wildman–Crippen LogP) is 5.53. The van der Waals surface area contributed by atoms with Crippen molar-refractivity contribution in [3.8, 4) is 0 Å². The second kappa shape index (κ2) is 6.30. The quantitative estimate of drug-likeness (QED) is 0.592. The van der Waals surface area contributed by atoms with Crippen LogP contribution in [0.1, 0.15) is 63.0 Å². The smallest absolute Gasteiger partial charge is 0.0587 e. The topological polar surface area (TPSA) is 0 Å². The maximum atomic E-state index is 6.37. The van der Waals surface area contributed by atoms with Crippen LogP contribution >= 0.6 is 11.6 Å². The first-order valence-corrected chi connectivity index (χ1v) is 6.72. The highest BCUT2D eigenvalue weighted by molar-refractivity contribution is 6.20. The molecule has 0 aliphatic heterocycles. The third kappa shape index (κ3) is 3.83. The van der Waals surface area contributed by atoms with E-state index >= 15 is 0 Å². The highest BCUT2D eigenvalue weighted by atomic mass is 35.5. The molecule has 0 aliphatic rings. The number of halogens is 1. The van der Waals surface area contributed by atoms with Crippen LogP contribution in [0.5, 0.6) is 0 Å². The SMILES string of the molecule is CCC(C)c1ccc(C(Cl)CC(C)C)cc1. The predicted molar refractivity (Wildman–Crippen MR) is 73.2 cm³/mol. The van der Waals surface area contributed by atoms with Gasteiger partial charge in [0.1, 0.15) is 0 Å². The van der Waals surface area contributed by atoms with Crippen molar-refractivity contribution in [2.45, 2.75) is 51.8 Å². The average Bonchev–Trinajstić information content (AvgIpc) is 2.27. The molecule has 0 nitrogen and oxygen atoms in total. The van der Waals surface area contributed by atoms with Crippen LogP contribution in [0.4, 0.5) is 0 Å². The molecule has 0 aromatic heterocycles. The van der Waals surface area contributed by atoms with Gasteiger partial charge in [0, 0.05) is 0 Å². The van der Waals surface area contributed by atoms with Crippen molar-refractivity contribution in [3.05, 3.63) is 35.4 Å². The van der Waals surface area contributed by atoms with Crippen molar-refractivity contribution >= 4 is 11.6 Å². The van der Waals surface area contributed by atoms with Crippen molar-refractivity contribution in [1.82, 2.24) is 0 Å². The van der Waals surface area contributed by atoms with Crippen molar-refractivity contribution in [2.24, 2.45) is 5.92 Å². The second-order valence-corrected chi connectivity index (χ2v) is 5.60. The van der Waals surface area contributed by atoms with Crippen LogP contribution in [0.2, 0.25) is 0 Å². The van der Waals surface area contributed by atoms with Gasteiger partial charge in [-0.1, -0.05) is 52.0 Å². The molecule has 0 fully saturated rings. The molecule has 90 valence electrons. The lowest BCUT2D eigenvalue weighted by Crippen LogP contribution is -1.97. The molecule has 0 radical (unpaired) electrons. The third-order valence-electron chi connectivity index (χ3n) is 3.16. The summed E-state index contributed by atoms with van der Waals surface area (Å²) in [7, 11) is 0. The van der Waals surface area contributed by atoms with Gasteiger partial charge >= 0.3 is 0 Å². The van der Waals surface area contributed by atoms with E-state index in [1.165, 1.54) is 17.5 Å². The van der Waals surface area contributed by atoms with Gasteiger partial charge in [-0.3, -0.25) is 0 Å². The van der Waals surface area contributed by atoms with Crippen molar-refractivity contribution < 1.29 is 0 Å². The number of benzene rings is 1. The fourth-order valence-electron chi connectivity index (χ4n) is 1.82. The Labute approximate surface area is 105 Å². The molecule has 2 atom stereocenters. The number of rotatable bonds is 5. The molecule has 1 aromatic carbocycles. The summed E-state index contributed by atoms with van der Waals surface area (Å²) in [4.78, 5) is 0. The van der Waals surface area contributed by atoms with Gasteiger partial charge in [0.15, 0.2) is 0 Å². The van der Waals surface area contributed by atoms with Crippen molar-refractivity contribution in [3.63, 3.8) is 0 Å². The number of hydrogen-bond donors (Lipinski definition) is 0. The van der Waals surface area contributed by atoms with E-state index in [-0.39, 0.29) is 5.38 Å². The van der Waals surface area contributed by atoms with Gasteiger partial charge in [0.2, 0.25) is 0 Å². The summed E-state index contributed by atoms with van der Waals surface area (Å²) >= 11 is 6.37. The molecule has 0 saturated heterocycles. The normalized spacial score (nSPS) is 15.1. The first-order valence-electron chi connectivity index (χ1n) is 6.28. The molecule has 0 aliphatic carbocycles. The van der Waals surface area contributed by atoms with Crippen LogP contribution < -0.4 is 0 Å². The van der Waals surface area contributed by atoms with Crippen LogP contribution in [-0.4, -0.2) is 0 Å². The Morgan fingerprint density at radius 2 is 1.50 bits per heavy atom. The summed E-state index contributed by atoms with van der Waals surface area (Å²) in [6.07, 6.45) is 2.24. The maximum absolute atomic E-state index is 6.37. The molecule has 0 N–H and O–H groups in total. The summed E-state index contributed by atoms with van der Waals surface area (Å²) in [6, 6.07) is 8.81. The van der Waals surface area contributed by atoms with E-state index in [1.54, 1.807) is 0 Å². The summed E-state index contributed by atoms with van der Waals surface area (Å²) in [5.41, 5.74) is 2.67. The minimum absolute atomic E-state index is 0.158. The molecule has 1 rings (SSSR count). The highest BCUT2D eigenvalue weighted by Crippen LogP contribution is 2.29. The average molecular weight is 239 g/mol. The lowest BCUT2D eigenvalue weighted by atomic mass is 9.95. The molecule has 0 spiro atoms. The van der Waals surface area contributed by atoms with Crippen molar-refractivity contribution in [2.75, 3.05) is 0 Å². The number of alkyl halides is 1. The van der Waals surface area contributed by atoms with E-state index in [4.69, 9.17) is 11.6 Å². The summed E-state index contributed by atoms with van der Waals surface area (Å²) < 4.78 is 0. The summed E-state index contributed by atoms with van der Waals surface area (Å²) in [5, 5.41) is 0.158. The maximum Gasteiger partial charge on any atom is 0.0587 e. The molecular formula is C15H23Cl. The first kappa shape index (κ1) is 13.6. The zero-order valence-electron chi connectivity index (χ0n) is 10.8. The zero-order valence-corrected chi connectivity index (χ0v) is 11.6. The first-order chi connectivity index (χ1) is 7.54. The van der Waals surface area contributed by atoms with Crippen molar-refractivity contribution in [1.29, 1.82) is 0 Å². The summed E-state index contributed by atoms with van der Waals surface area (Å²) in [6.45, 7) is 8.91. The molecule has 1 aromatic rings. The van der Waals surface area contributed by atoms with Crippen LogP contribution in [0, 0.1) is 5.92 Å². The van der Waals surface area contributed by atoms with Crippen LogP contribution in [0.15, 0.2) is 24.3 Å². The van der Waals surface area contributed by atoms with Gasteiger partial charge in [-0.05, 0) is 35.8 Å². The van der Waals surface area contributed by atoms with E-state index in [0.717, 1.165) is 6.42 Å². The van der Waals surface area contributed by atoms with Gasteiger partial charge in [-0.2, -0.15) is 0 Å². The van der Waals surface area contributed by atoms with Crippen LogP contribution in [-0.2, 0) is 0 Å². The monoisotopic (exact) mass is 238 g/mol. The largest absolute Gasteiger partial charge is 0.118 e. The van der Waals surface area contributed by atoms with Gasteiger partial charge < -0.3 is 0 Å². The minimum atomic E-state index is 0.158. The van der Waals surface area contributed by atoms with Gasteiger partial charge in [-0.25, -0.2) is 0 Å². The lowest BCUT2D eigenvalue weighted by Gasteiger charge is -2.14. The Bertz CT molecular complexity index is 300. The molecule has 2 unspecified atom stereocenters. The Hall–Kier alpha value is -0.490. The van der Waals surface area contributed by atoms with Crippen LogP contribution in [0.3, 0.4) is 0 Å². The molecule has 0 heterocycles. The van der Waals surface area contributed by atoms with Gasteiger partial charge in [-0.15, -0.1) is 11.6 Å². The van der Waals surface area contributed by atoms with E-state index in [1.807, 2.05) is 0 Å². The molecular weight excluding hydrogens is 216 g/mol. The minimum Gasteiger partial charge on any atom is -0.118 e. The second-order valence-electron chi connectivity index (χ2n) is 5.07. The number of hydrogen-bond acceptors (Lipinski definition) is 0. The Morgan fingerprint density at radius 3 is 1.94 bits per heavy atom. The molecule has 0 saturated carbocycles. The van der Waals surface area contributed by atoms with E-state index in [2.05, 4.69) is 52.0 Å². The Kier molecular flexibility index (Phi) is 5.34. The van der Waals surface area contributed by atoms with E-state index in [0.29, 0.717) is 11.8 Å².